The van der Waals surface area contributed by atoms with Crippen molar-refractivity contribution in [3.8, 4) is 5.75 Å². The number of guanidine groups is 1. The summed E-state index contributed by atoms with van der Waals surface area (Å²) in [6.45, 7) is 9.30. The van der Waals surface area contributed by atoms with Crippen LogP contribution in [0.25, 0.3) is 0 Å². The molecule has 2 aliphatic heterocycles. The Labute approximate surface area is 175 Å². The van der Waals surface area contributed by atoms with Gasteiger partial charge in [-0.25, -0.2) is 0 Å². The number of halogens is 1. The molecule has 0 amide bonds. The molecule has 1 saturated heterocycles. The van der Waals surface area contributed by atoms with Gasteiger partial charge in [0.15, 0.2) is 5.96 Å². The van der Waals surface area contributed by atoms with Crippen molar-refractivity contribution in [1.29, 1.82) is 0 Å². The number of likely N-dealkylation sites (N-methyl/N-ethyl adjacent to an activating group) is 1. The molecule has 0 aliphatic carbocycles. The van der Waals surface area contributed by atoms with E-state index in [-0.39, 0.29) is 35.6 Å². The van der Waals surface area contributed by atoms with Gasteiger partial charge in [0.05, 0.1) is 12.6 Å². The molecule has 26 heavy (non-hydrogen) atoms. The maximum absolute atomic E-state index is 6.14. The first-order valence-electron chi connectivity index (χ1n) is 9.51. The lowest BCUT2D eigenvalue weighted by atomic mass is 9.90. The molecule has 2 aliphatic rings. The SMILES string of the molecule is CCNC(=NCC1CCCN1C)NC1CC(C)(C)Oc2ccccc21.I. The molecule has 0 bridgehead atoms. The van der Waals surface area contributed by atoms with Gasteiger partial charge < -0.3 is 20.3 Å². The molecule has 2 unspecified atom stereocenters. The van der Waals surface area contributed by atoms with E-state index in [1.165, 1.54) is 24.9 Å². The van der Waals surface area contributed by atoms with Crippen molar-refractivity contribution >= 4 is 29.9 Å². The summed E-state index contributed by atoms with van der Waals surface area (Å²) in [5.41, 5.74) is 1.03. The van der Waals surface area contributed by atoms with E-state index in [4.69, 9.17) is 9.73 Å². The monoisotopic (exact) mass is 472 g/mol. The van der Waals surface area contributed by atoms with Crippen molar-refractivity contribution in [3.05, 3.63) is 29.8 Å². The normalized spacial score (nSPS) is 25.0. The Balaban J connectivity index is 0.00000243. The summed E-state index contributed by atoms with van der Waals surface area (Å²) in [5, 5.41) is 7.05. The highest BCUT2D eigenvalue weighted by Crippen LogP contribution is 2.39. The predicted molar refractivity (Wildman–Crippen MR) is 119 cm³/mol. The highest BCUT2D eigenvalue weighted by molar-refractivity contribution is 14.0. The van der Waals surface area contributed by atoms with Crippen LogP contribution in [0.3, 0.4) is 0 Å². The highest BCUT2D eigenvalue weighted by Gasteiger charge is 2.34. The van der Waals surface area contributed by atoms with Crippen molar-refractivity contribution < 1.29 is 4.74 Å². The maximum Gasteiger partial charge on any atom is 0.191 e. The largest absolute Gasteiger partial charge is 0.487 e. The second-order valence-electron chi connectivity index (χ2n) is 7.80. The van der Waals surface area contributed by atoms with E-state index >= 15 is 0 Å². The van der Waals surface area contributed by atoms with Gasteiger partial charge in [0.25, 0.3) is 0 Å². The summed E-state index contributed by atoms with van der Waals surface area (Å²) in [7, 11) is 2.20. The first-order valence-corrected chi connectivity index (χ1v) is 9.51. The lowest BCUT2D eigenvalue weighted by Gasteiger charge is -2.38. The van der Waals surface area contributed by atoms with Crippen LogP contribution in [-0.4, -0.2) is 49.2 Å². The number of ether oxygens (including phenoxy) is 1. The average Bonchev–Trinajstić information content (AvgIpc) is 2.97. The zero-order valence-corrected chi connectivity index (χ0v) is 18.7. The molecule has 0 aromatic heterocycles. The number of nitrogens with one attached hydrogen (secondary N) is 2. The Morgan fingerprint density at radius 3 is 2.81 bits per heavy atom. The Morgan fingerprint density at radius 1 is 1.35 bits per heavy atom. The Morgan fingerprint density at radius 2 is 2.12 bits per heavy atom. The van der Waals surface area contributed by atoms with Crippen LogP contribution < -0.4 is 15.4 Å². The van der Waals surface area contributed by atoms with E-state index in [1.54, 1.807) is 0 Å². The summed E-state index contributed by atoms with van der Waals surface area (Å²) < 4.78 is 6.14. The van der Waals surface area contributed by atoms with Crippen LogP contribution in [0.5, 0.6) is 5.75 Å². The van der Waals surface area contributed by atoms with Crippen LogP contribution in [0, 0.1) is 0 Å². The van der Waals surface area contributed by atoms with Gasteiger partial charge in [0.1, 0.15) is 11.4 Å². The molecule has 3 rings (SSSR count). The highest BCUT2D eigenvalue weighted by atomic mass is 127. The Bertz CT molecular complexity index is 620. The van der Waals surface area contributed by atoms with Gasteiger partial charge in [0, 0.05) is 24.6 Å². The molecular weight excluding hydrogens is 439 g/mol. The number of para-hydroxylation sites is 1. The van der Waals surface area contributed by atoms with Crippen LogP contribution in [0.4, 0.5) is 0 Å². The standard InChI is InChI=1S/C20H32N4O.HI/c1-5-21-19(22-14-15-9-8-12-24(15)4)23-17-13-20(2,3)25-18-11-7-6-10-16(17)18;/h6-7,10-11,15,17H,5,8-9,12-14H2,1-4H3,(H2,21,22,23);1H. The number of benzene rings is 1. The van der Waals surface area contributed by atoms with Gasteiger partial charge in [-0.2, -0.15) is 0 Å². The topological polar surface area (TPSA) is 48.9 Å². The summed E-state index contributed by atoms with van der Waals surface area (Å²) in [6.07, 6.45) is 3.44. The zero-order chi connectivity index (χ0) is 17.9. The van der Waals surface area contributed by atoms with Crippen LogP contribution in [0.15, 0.2) is 29.3 Å². The second kappa shape index (κ2) is 9.26. The number of hydrogen-bond acceptors (Lipinski definition) is 3. The molecule has 2 heterocycles. The summed E-state index contributed by atoms with van der Waals surface area (Å²) in [5.74, 6) is 1.88. The van der Waals surface area contributed by atoms with Crippen molar-refractivity contribution in [1.82, 2.24) is 15.5 Å². The first kappa shape index (κ1) is 21.3. The molecule has 0 radical (unpaired) electrons. The van der Waals surface area contributed by atoms with Crippen molar-refractivity contribution in [2.75, 3.05) is 26.7 Å². The number of rotatable bonds is 4. The van der Waals surface area contributed by atoms with E-state index in [0.29, 0.717) is 6.04 Å². The third-order valence-electron chi connectivity index (χ3n) is 5.16. The van der Waals surface area contributed by atoms with Crippen LogP contribution in [-0.2, 0) is 0 Å². The van der Waals surface area contributed by atoms with E-state index in [9.17, 15) is 0 Å². The van der Waals surface area contributed by atoms with E-state index in [1.807, 2.05) is 6.07 Å². The summed E-state index contributed by atoms with van der Waals surface area (Å²) in [6, 6.07) is 9.09. The number of likely N-dealkylation sites (tertiary alicyclic amines) is 1. The van der Waals surface area contributed by atoms with E-state index in [2.05, 4.69) is 61.6 Å². The minimum atomic E-state index is -0.186. The first-order chi connectivity index (χ1) is 12.0. The molecule has 1 aromatic carbocycles. The minimum Gasteiger partial charge on any atom is -0.487 e. The Hall–Kier alpha value is -1.02. The second-order valence-corrected chi connectivity index (χ2v) is 7.80. The van der Waals surface area contributed by atoms with E-state index in [0.717, 1.165) is 31.2 Å². The van der Waals surface area contributed by atoms with Crippen molar-refractivity contribution in [3.63, 3.8) is 0 Å². The average molecular weight is 472 g/mol. The molecule has 5 nitrogen and oxygen atoms in total. The number of nitrogens with zero attached hydrogens (tertiary/aromatic N) is 2. The fourth-order valence-corrected chi connectivity index (χ4v) is 3.82. The smallest absolute Gasteiger partial charge is 0.191 e. The third kappa shape index (κ3) is 5.25. The third-order valence-corrected chi connectivity index (χ3v) is 5.16. The predicted octanol–water partition coefficient (Wildman–Crippen LogP) is 3.56. The minimum absolute atomic E-state index is 0. The molecule has 2 N–H and O–H groups in total. The number of fused-ring (bicyclic) bond motifs is 1. The molecule has 0 saturated carbocycles. The van der Waals surface area contributed by atoms with Crippen LogP contribution in [0.1, 0.15) is 51.6 Å². The lowest BCUT2D eigenvalue weighted by molar-refractivity contribution is 0.0694. The number of hydrogen-bond donors (Lipinski definition) is 2. The van der Waals surface area contributed by atoms with Crippen LogP contribution in [0.2, 0.25) is 0 Å². The van der Waals surface area contributed by atoms with Gasteiger partial charge in [-0.05, 0) is 53.3 Å². The van der Waals surface area contributed by atoms with Crippen LogP contribution >= 0.6 is 24.0 Å². The molecule has 0 spiro atoms. The van der Waals surface area contributed by atoms with Crippen molar-refractivity contribution in [2.24, 2.45) is 4.99 Å². The Kier molecular flexibility index (Phi) is 7.58. The molecular formula is C20H33IN4O. The maximum atomic E-state index is 6.14. The summed E-state index contributed by atoms with van der Waals surface area (Å²) in [4.78, 5) is 7.29. The van der Waals surface area contributed by atoms with Gasteiger partial charge >= 0.3 is 0 Å². The molecule has 2 atom stereocenters. The zero-order valence-electron chi connectivity index (χ0n) is 16.4. The molecule has 146 valence electrons. The van der Waals surface area contributed by atoms with Gasteiger partial charge in [-0.1, -0.05) is 18.2 Å². The lowest BCUT2D eigenvalue weighted by Crippen LogP contribution is -2.45. The van der Waals surface area contributed by atoms with Gasteiger partial charge in [-0.15, -0.1) is 24.0 Å². The number of aliphatic imine (C=N–C) groups is 1. The van der Waals surface area contributed by atoms with E-state index < -0.39 is 0 Å². The fraction of sp³-hybridized carbons (Fsp3) is 0.650. The van der Waals surface area contributed by atoms with Crippen molar-refractivity contribution in [2.45, 2.75) is 57.7 Å². The molecule has 1 aromatic rings. The summed E-state index contributed by atoms with van der Waals surface area (Å²) >= 11 is 0. The van der Waals surface area contributed by atoms with Gasteiger partial charge in [0.2, 0.25) is 0 Å². The fourth-order valence-electron chi connectivity index (χ4n) is 3.82. The molecule has 1 fully saturated rings. The quantitative estimate of drug-likeness (QED) is 0.400. The van der Waals surface area contributed by atoms with Gasteiger partial charge in [-0.3, -0.25) is 4.99 Å². The molecule has 6 heteroatoms.